The Morgan fingerprint density at radius 2 is 1.72 bits per heavy atom. The van der Waals surface area contributed by atoms with Crippen LogP contribution in [0.3, 0.4) is 0 Å². The van der Waals surface area contributed by atoms with E-state index in [1.165, 1.54) is 18.6 Å². The lowest BCUT2D eigenvalue weighted by atomic mass is 9.70. The van der Waals surface area contributed by atoms with Crippen LogP contribution < -0.4 is 20.1 Å². The summed E-state index contributed by atoms with van der Waals surface area (Å²) >= 11 is 0. The predicted octanol–water partition coefficient (Wildman–Crippen LogP) is 5.56. The molecule has 258 valence electrons. The molecule has 0 aromatic heterocycles. The number of hydrogen-bond acceptors (Lipinski definition) is 8. The Labute approximate surface area is 273 Å². The molecule has 4 saturated carbocycles. The molecule has 0 radical (unpaired) electrons. The van der Waals surface area contributed by atoms with Crippen LogP contribution in [0.4, 0.5) is 4.39 Å². The van der Waals surface area contributed by atoms with Crippen molar-refractivity contribution in [3.63, 3.8) is 0 Å². The summed E-state index contributed by atoms with van der Waals surface area (Å²) in [6, 6.07) is 2.54. The van der Waals surface area contributed by atoms with E-state index in [-0.39, 0.29) is 65.4 Å². The van der Waals surface area contributed by atoms with E-state index in [0.717, 1.165) is 32.1 Å². The topological polar surface area (TPSA) is 126 Å². The van der Waals surface area contributed by atoms with E-state index >= 15 is 4.39 Å². The number of ether oxygens (including phenoxy) is 3. The van der Waals surface area contributed by atoms with Crippen LogP contribution in [0.2, 0.25) is 0 Å². The Hall–Kier alpha value is -2.43. The molecule has 0 saturated heterocycles. The number of nitrogens with one attached hydrogen (secondary N) is 2. The fourth-order valence-electron chi connectivity index (χ4n) is 8.02. The number of hydrogen-bond donors (Lipinski definition) is 4. The summed E-state index contributed by atoms with van der Waals surface area (Å²) in [5, 5.41) is 28.3. The number of benzene rings is 1. The van der Waals surface area contributed by atoms with Gasteiger partial charge < -0.3 is 29.7 Å². The minimum absolute atomic E-state index is 0.0123. The number of aliphatic hydroxyl groups is 2. The fraction of sp³-hybridized carbons (Fsp3) is 0.778. The van der Waals surface area contributed by atoms with Crippen molar-refractivity contribution in [3.05, 3.63) is 23.5 Å². The highest BCUT2D eigenvalue weighted by Gasteiger charge is 2.52. The molecular weight excluding hydrogens is 591 g/mol. The molecule has 0 heterocycles. The Morgan fingerprint density at radius 1 is 1.04 bits per heavy atom. The van der Waals surface area contributed by atoms with Crippen molar-refractivity contribution in [2.24, 2.45) is 28.6 Å². The van der Waals surface area contributed by atoms with Crippen molar-refractivity contribution < 1.29 is 38.4 Å². The van der Waals surface area contributed by atoms with Crippen molar-refractivity contribution in [1.29, 1.82) is 0 Å². The molecule has 1 amide bonds. The molecule has 5 atom stereocenters. The first kappa shape index (κ1) is 34.9. The number of rotatable bonds is 12. The van der Waals surface area contributed by atoms with Gasteiger partial charge in [-0.3, -0.25) is 14.9 Å². The molecule has 4 fully saturated rings. The molecule has 10 heteroatoms. The number of amides is 1. The van der Waals surface area contributed by atoms with E-state index < -0.39 is 29.0 Å². The molecule has 1 aromatic carbocycles. The van der Waals surface area contributed by atoms with Gasteiger partial charge in [0.15, 0.2) is 11.6 Å². The Bertz CT molecular complexity index is 1250. The van der Waals surface area contributed by atoms with E-state index in [1.54, 1.807) is 20.8 Å². The zero-order valence-electron chi connectivity index (χ0n) is 28.5. The third-order valence-corrected chi connectivity index (χ3v) is 10.9. The second kappa shape index (κ2) is 13.6. The number of esters is 1. The van der Waals surface area contributed by atoms with Crippen molar-refractivity contribution in [2.75, 3.05) is 13.2 Å². The van der Waals surface area contributed by atoms with Crippen LogP contribution >= 0.6 is 0 Å². The van der Waals surface area contributed by atoms with Gasteiger partial charge in [-0.05, 0) is 116 Å². The maximum atomic E-state index is 15.5. The van der Waals surface area contributed by atoms with Crippen molar-refractivity contribution in [1.82, 2.24) is 10.6 Å². The third-order valence-electron chi connectivity index (χ3n) is 10.9. The average molecular weight is 647 g/mol. The molecule has 2 bridgehead atoms. The number of aliphatic hydroxyl groups excluding tert-OH is 2. The van der Waals surface area contributed by atoms with Crippen molar-refractivity contribution in [3.8, 4) is 11.5 Å². The fourth-order valence-corrected chi connectivity index (χ4v) is 8.02. The summed E-state index contributed by atoms with van der Waals surface area (Å²) in [4.78, 5) is 26.4. The number of carbonyl (C=O) groups is 2. The van der Waals surface area contributed by atoms with E-state index in [2.05, 4.69) is 17.6 Å². The smallest absolute Gasteiger partial charge is 0.314 e. The maximum Gasteiger partial charge on any atom is 0.314 e. The predicted molar refractivity (Wildman–Crippen MR) is 172 cm³/mol. The van der Waals surface area contributed by atoms with E-state index in [9.17, 15) is 19.8 Å². The number of halogens is 1. The largest absolute Gasteiger partial charge is 0.490 e. The van der Waals surface area contributed by atoms with Gasteiger partial charge in [0.25, 0.3) is 0 Å². The maximum absolute atomic E-state index is 15.5. The quantitative estimate of drug-likeness (QED) is 0.172. The molecule has 5 rings (SSSR count). The Balaban J connectivity index is 1.29. The van der Waals surface area contributed by atoms with E-state index in [0.29, 0.717) is 37.8 Å². The summed E-state index contributed by atoms with van der Waals surface area (Å²) in [6.07, 6.45) is 6.14. The summed E-state index contributed by atoms with van der Waals surface area (Å²) < 4.78 is 33.1. The molecule has 4 aliphatic rings. The minimum atomic E-state index is -1.21. The van der Waals surface area contributed by atoms with Crippen LogP contribution in [0.15, 0.2) is 12.1 Å². The van der Waals surface area contributed by atoms with Crippen molar-refractivity contribution in [2.45, 2.75) is 136 Å². The van der Waals surface area contributed by atoms with Gasteiger partial charge in [0, 0.05) is 24.2 Å². The van der Waals surface area contributed by atoms with Crippen LogP contribution in [0.25, 0.3) is 0 Å². The zero-order chi connectivity index (χ0) is 33.4. The molecule has 0 aliphatic heterocycles. The monoisotopic (exact) mass is 646 g/mol. The first-order chi connectivity index (χ1) is 21.6. The highest BCUT2D eigenvalue weighted by atomic mass is 19.1. The summed E-state index contributed by atoms with van der Waals surface area (Å²) in [7, 11) is 0. The van der Waals surface area contributed by atoms with Crippen LogP contribution in [-0.2, 0) is 14.3 Å². The van der Waals surface area contributed by atoms with Gasteiger partial charge >= 0.3 is 5.97 Å². The van der Waals surface area contributed by atoms with Gasteiger partial charge in [0.1, 0.15) is 17.6 Å². The SMILES string of the molecule is CC(C)Oc1cc(F)c(O[C@H]2CC[C@@](CO)(C(=O)OC(C)(C)C)CC2)cc1C(O)N[C@@H]1[C@H]2CC[C@H](C2)[C@@H]1C(=O)NCC1(C)CCC1. The van der Waals surface area contributed by atoms with Gasteiger partial charge in [-0.15, -0.1) is 0 Å². The molecule has 4 N–H and O–H groups in total. The van der Waals surface area contributed by atoms with Gasteiger partial charge in [0.2, 0.25) is 5.91 Å². The number of fused-ring (bicyclic) bond motifs is 2. The molecule has 46 heavy (non-hydrogen) atoms. The first-order valence-electron chi connectivity index (χ1n) is 17.3. The van der Waals surface area contributed by atoms with Crippen LogP contribution in [0.1, 0.15) is 118 Å². The van der Waals surface area contributed by atoms with Crippen molar-refractivity contribution >= 4 is 11.9 Å². The summed E-state index contributed by atoms with van der Waals surface area (Å²) in [5.74, 6) is -0.463. The molecular formula is C36H55FN2O7. The zero-order valence-corrected chi connectivity index (χ0v) is 28.5. The number of carbonyl (C=O) groups excluding carboxylic acids is 2. The average Bonchev–Trinajstić information content (AvgIpc) is 3.57. The third kappa shape index (κ3) is 7.65. The van der Waals surface area contributed by atoms with Crippen LogP contribution in [0.5, 0.6) is 11.5 Å². The normalized spacial score (nSPS) is 30.9. The van der Waals surface area contributed by atoms with E-state index in [4.69, 9.17) is 14.2 Å². The Kier molecular flexibility index (Phi) is 10.3. The second-order valence-electron chi connectivity index (χ2n) is 16.1. The summed E-state index contributed by atoms with van der Waals surface area (Å²) in [5.41, 5.74) is -1.15. The molecule has 9 nitrogen and oxygen atoms in total. The van der Waals surface area contributed by atoms with Gasteiger partial charge in [-0.2, -0.15) is 0 Å². The van der Waals surface area contributed by atoms with Gasteiger partial charge in [-0.25, -0.2) is 4.39 Å². The van der Waals surface area contributed by atoms with Gasteiger partial charge in [0.05, 0.1) is 30.1 Å². The molecule has 0 spiro atoms. The van der Waals surface area contributed by atoms with Gasteiger partial charge in [-0.1, -0.05) is 13.3 Å². The van der Waals surface area contributed by atoms with E-state index in [1.807, 2.05) is 13.8 Å². The highest BCUT2D eigenvalue weighted by molar-refractivity contribution is 5.80. The lowest BCUT2D eigenvalue weighted by Gasteiger charge is -2.39. The lowest BCUT2D eigenvalue weighted by molar-refractivity contribution is -0.174. The summed E-state index contributed by atoms with van der Waals surface area (Å²) in [6.45, 7) is 11.6. The highest BCUT2D eigenvalue weighted by Crippen LogP contribution is 2.50. The molecule has 1 aromatic rings. The molecule has 4 aliphatic carbocycles. The van der Waals surface area contributed by atoms with Crippen LogP contribution in [0, 0.1) is 34.4 Å². The minimum Gasteiger partial charge on any atom is -0.490 e. The first-order valence-corrected chi connectivity index (χ1v) is 17.3. The lowest BCUT2D eigenvalue weighted by Crippen LogP contribution is -2.51. The Morgan fingerprint density at radius 3 is 2.30 bits per heavy atom. The van der Waals surface area contributed by atoms with Crippen LogP contribution in [-0.4, -0.2) is 59.1 Å². The second-order valence-corrected chi connectivity index (χ2v) is 16.1. The molecule has 1 unspecified atom stereocenters. The standard InChI is InChI=1S/C36H55FN2O7/c1-21(2)44-27-18-26(37)28(45-24-10-14-36(20-40,15-11-24)33(43)46-34(3,4)5)17-25(27)31(41)39-30-23-9-8-22(16-23)29(30)32(42)38-19-35(6)12-7-13-35/h17-18,21-24,29-31,39-41H,7-16,19-20H2,1-6H3,(H,38,42)/t22-,23+,24-,29+,30-,31?,36+/m1/s1.